The SMILES string of the molecule is CC1CC1(N=C=O)c1ccccc1Br. The average Bonchev–Trinajstić information content (AvgIpc) is 2.79. The van der Waals surface area contributed by atoms with E-state index in [9.17, 15) is 4.79 Å². The Bertz CT molecular complexity index is 412. The summed E-state index contributed by atoms with van der Waals surface area (Å²) < 4.78 is 1.02. The van der Waals surface area contributed by atoms with Crippen molar-refractivity contribution < 1.29 is 4.79 Å². The number of aliphatic imine (C=N–C) groups is 1. The first kappa shape index (κ1) is 9.63. The predicted molar refractivity (Wildman–Crippen MR) is 57.7 cm³/mol. The van der Waals surface area contributed by atoms with Gasteiger partial charge in [0.1, 0.15) is 5.54 Å². The monoisotopic (exact) mass is 251 g/mol. The number of isocyanates is 1. The van der Waals surface area contributed by atoms with Crippen molar-refractivity contribution in [2.45, 2.75) is 18.9 Å². The summed E-state index contributed by atoms with van der Waals surface area (Å²) in [7, 11) is 0. The van der Waals surface area contributed by atoms with Crippen LogP contribution in [0.1, 0.15) is 18.9 Å². The molecule has 72 valence electrons. The molecule has 2 unspecified atom stereocenters. The molecule has 0 aliphatic heterocycles. The van der Waals surface area contributed by atoms with Gasteiger partial charge < -0.3 is 0 Å². The van der Waals surface area contributed by atoms with Crippen LogP contribution < -0.4 is 0 Å². The van der Waals surface area contributed by atoms with E-state index in [1.54, 1.807) is 6.08 Å². The number of halogens is 1. The second kappa shape index (κ2) is 3.34. The Morgan fingerprint density at radius 1 is 1.57 bits per heavy atom. The maximum atomic E-state index is 10.4. The number of rotatable bonds is 2. The van der Waals surface area contributed by atoms with Gasteiger partial charge in [-0.3, -0.25) is 0 Å². The van der Waals surface area contributed by atoms with Gasteiger partial charge in [-0.05, 0) is 24.0 Å². The molecule has 1 saturated carbocycles. The van der Waals surface area contributed by atoms with Crippen LogP contribution in [0.25, 0.3) is 0 Å². The van der Waals surface area contributed by atoms with Gasteiger partial charge in [0.2, 0.25) is 6.08 Å². The minimum atomic E-state index is -0.304. The summed E-state index contributed by atoms with van der Waals surface area (Å²) in [5, 5.41) is 0. The van der Waals surface area contributed by atoms with Crippen molar-refractivity contribution in [3.63, 3.8) is 0 Å². The molecule has 0 saturated heterocycles. The molecule has 1 fully saturated rings. The van der Waals surface area contributed by atoms with Crippen molar-refractivity contribution in [3.8, 4) is 0 Å². The zero-order valence-electron chi connectivity index (χ0n) is 7.83. The van der Waals surface area contributed by atoms with Crippen molar-refractivity contribution in [1.29, 1.82) is 0 Å². The van der Waals surface area contributed by atoms with Crippen LogP contribution in [0, 0.1) is 5.92 Å². The smallest absolute Gasteiger partial charge is 0.211 e. The van der Waals surface area contributed by atoms with E-state index in [1.165, 1.54) is 0 Å². The molecule has 1 aliphatic rings. The van der Waals surface area contributed by atoms with Gasteiger partial charge in [-0.15, -0.1) is 0 Å². The summed E-state index contributed by atoms with van der Waals surface area (Å²) in [5.74, 6) is 0.433. The Balaban J connectivity index is 2.49. The zero-order chi connectivity index (χ0) is 10.2. The number of nitrogens with zero attached hydrogens (tertiary/aromatic N) is 1. The van der Waals surface area contributed by atoms with Gasteiger partial charge in [-0.25, -0.2) is 4.79 Å². The molecule has 14 heavy (non-hydrogen) atoms. The van der Waals surface area contributed by atoms with Crippen molar-refractivity contribution in [2.24, 2.45) is 10.9 Å². The maximum Gasteiger partial charge on any atom is 0.235 e. The van der Waals surface area contributed by atoms with Crippen LogP contribution in [-0.4, -0.2) is 6.08 Å². The van der Waals surface area contributed by atoms with E-state index < -0.39 is 0 Å². The molecule has 2 atom stereocenters. The van der Waals surface area contributed by atoms with E-state index in [0.29, 0.717) is 5.92 Å². The van der Waals surface area contributed by atoms with Gasteiger partial charge in [0.15, 0.2) is 0 Å². The summed E-state index contributed by atoms with van der Waals surface area (Å²) >= 11 is 3.48. The van der Waals surface area contributed by atoms with Crippen LogP contribution >= 0.6 is 15.9 Å². The third-order valence-electron chi connectivity index (χ3n) is 2.86. The van der Waals surface area contributed by atoms with Gasteiger partial charge in [0.25, 0.3) is 0 Å². The van der Waals surface area contributed by atoms with Gasteiger partial charge in [-0.1, -0.05) is 41.1 Å². The molecular formula is C11H10BrNO. The van der Waals surface area contributed by atoms with E-state index in [2.05, 4.69) is 27.8 Å². The molecule has 0 aromatic heterocycles. The zero-order valence-corrected chi connectivity index (χ0v) is 9.41. The Labute approximate surface area is 91.2 Å². The molecule has 0 amide bonds. The standard InChI is InChI=1S/C11H10BrNO/c1-8-6-11(8,13-7-14)9-4-2-3-5-10(9)12/h2-5,8H,6H2,1H3. The van der Waals surface area contributed by atoms with Crippen LogP contribution in [0.3, 0.4) is 0 Å². The number of hydrogen-bond acceptors (Lipinski definition) is 2. The lowest BCUT2D eigenvalue weighted by Gasteiger charge is -2.11. The highest BCUT2D eigenvalue weighted by atomic mass is 79.9. The van der Waals surface area contributed by atoms with Crippen LogP contribution in [-0.2, 0) is 10.3 Å². The molecule has 3 heteroatoms. The fraction of sp³-hybridized carbons (Fsp3) is 0.364. The molecular weight excluding hydrogens is 242 g/mol. The molecule has 0 radical (unpaired) electrons. The van der Waals surface area contributed by atoms with E-state index in [-0.39, 0.29) is 5.54 Å². The Morgan fingerprint density at radius 3 is 2.71 bits per heavy atom. The number of benzene rings is 1. The first-order valence-corrected chi connectivity index (χ1v) is 5.34. The second-order valence-corrected chi connectivity index (χ2v) is 4.57. The number of carbonyl (C=O) groups excluding carboxylic acids is 1. The molecule has 2 rings (SSSR count). The summed E-state index contributed by atoms with van der Waals surface area (Å²) in [6.45, 7) is 2.10. The lowest BCUT2D eigenvalue weighted by atomic mass is 10.0. The van der Waals surface area contributed by atoms with Crippen LogP contribution in [0.2, 0.25) is 0 Å². The largest absolute Gasteiger partial charge is 0.235 e. The van der Waals surface area contributed by atoms with E-state index in [0.717, 1.165) is 16.5 Å². The molecule has 0 heterocycles. The Hall–Kier alpha value is -0.920. The third-order valence-corrected chi connectivity index (χ3v) is 3.55. The van der Waals surface area contributed by atoms with Crippen LogP contribution in [0.5, 0.6) is 0 Å². The average molecular weight is 252 g/mol. The molecule has 1 aromatic rings. The molecule has 1 aromatic carbocycles. The van der Waals surface area contributed by atoms with Gasteiger partial charge in [0.05, 0.1) is 0 Å². The van der Waals surface area contributed by atoms with Crippen LogP contribution in [0.15, 0.2) is 33.7 Å². The summed E-state index contributed by atoms with van der Waals surface area (Å²) in [6, 6.07) is 7.91. The maximum absolute atomic E-state index is 10.4. The quantitative estimate of drug-likeness (QED) is 0.587. The van der Waals surface area contributed by atoms with Gasteiger partial charge >= 0.3 is 0 Å². The highest BCUT2D eigenvalue weighted by Crippen LogP contribution is 2.56. The predicted octanol–water partition coefficient (Wildman–Crippen LogP) is 3.02. The third kappa shape index (κ3) is 1.33. The summed E-state index contributed by atoms with van der Waals surface area (Å²) in [4.78, 5) is 14.3. The molecule has 0 N–H and O–H groups in total. The molecule has 0 bridgehead atoms. The molecule has 0 spiro atoms. The topological polar surface area (TPSA) is 29.4 Å². The fourth-order valence-corrected chi connectivity index (χ4v) is 2.52. The summed E-state index contributed by atoms with van der Waals surface area (Å²) in [6.07, 6.45) is 2.62. The van der Waals surface area contributed by atoms with E-state index in [4.69, 9.17) is 0 Å². The second-order valence-electron chi connectivity index (χ2n) is 3.71. The first-order valence-electron chi connectivity index (χ1n) is 4.55. The Morgan fingerprint density at radius 2 is 2.21 bits per heavy atom. The highest BCUT2D eigenvalue weighted by molar-refractivity contribution is 9.10. The molecule has 2 nitrogen and oxygen atoms in total. The fourth-order valence-electron chi connectivity index (χ4n) is 1.89. The molecule has 1 aliphatic carbocycles. The minimum Gasteiger partial charge on any atom is -0.211 e. The van der Waals surface area contributed by atoms with Crippen molar-refractivity contribution in [2.75, 3.05) is 0 Å². The van der Waals surface area contributed by atoms with E-state index >= 15 is 0 Å². The van der Waals surface area contributed by atoms with Crippen molar-refractivity contribution in [1.82, 2.24) is 0 Å². The lowest BCUT2D eigenvalue weighted by Crippen LogP contribution is -2.06. The lowest BCUT2D eigenvalue weighted by molar-refractivity contribution is 0.551. The highest BCUT2D eigenvalue weighted by Gasteiger charge is 2.54. The van der Waals surface area contributed by atoms with Crippen molar-refractivity contribution in [3.05, 3.63) is 34.3 Å². The van der Waals surface area contributed by atoms with Gasteiger partial charge in [-0.2, -0.15) is 4.99 Å². The van der Waals surface area contributed by atoms with Crippen molar-refractivity contribution >= 4 is 22.0 Å². The normalized spacial score (nSPS) is 29.4. The van der Waals surface area contributed by atoms with Crippen LogP contribution in [0.4, 0.5) is 0 Å². The first-order chi connectivity index (χ1) is 6.70. The number of hydrogen-bond donors (Lipinski definition) is 0. The Kier molecular flexibility index (Phi) is 2.30. The van der Waals surface area contributed by atoms with Gasteiger partial charge in [0, 0.05) is 4.47 Å². The summed E-state index contributed by atoms with van der Waals surface area (Å²) in [5.41, 5.74) is 0.790. The minimum absolute atomic E-state index is 0.304. The van der Waals surface area contributed by atoms with E-state index in [1.807, 2.05) is 24.3 Å².